The molecule has 0 aliphatic heterocycles. The highest BCUT2D eigenvalue weighted by Gasteiger charge is 2.12. The molecule has 0 aromatic heterocycles. The summed E-state index contributed by atoms with van der Waals surface area (Å²) in [7, 11) is 0. The first-order valence-corrected chi connectivity index (χ1v) is 5.69. The first kappa shape index (κ1) is 14.4. The van der Waals surface area contributed by atoms with Crippen LogP contribution in [0, 0.1) is 0 Å². The van der Waals surface area contributed by atoms with Crippen LogP contribution in [0.3, 0.4) is 0 Å². The summed E-state index contributed by atoms with van der Waals surface area (Å²) in [4.78, 5) is 22.4. The molecule has 15 heavy (non-hydrogen) atoms. The van der Waals surface area contributed by atoms with Crippen molar-refractivity contribution in [1.82, 2.24) is 0 Å². The zero-order valence-electron chi connectivity index (χ0n) is 9.24. The molecule has 0 aliphatic carbocycles. The molecule has 0 N–H and O–H groups in total. The Bertz CT molecular complexity index is 269. The zero-order chi connectivity index (χ0) is 12.0. The van der Waals surface area contributed by atoms with Gasteiger partial charge in [-0.25, -0.2) is 9.59 Å². The van der Waals surface area contributed by atoms with E-state index in [1.165, 1.54) is 0 Å². The molecule has 0 aromatic rings. The van der Waals surface area contributed by atoms with Crippen LogP contribution in [0.15, 0.2) is 9.66 Å². The fourth-order valence-electron chi connectivity index (χ4n) is 0.699. The molecule has 0 saturated heterocycles. The standard InChI is InChI=1S/C10H15IO4/c1-6(2)14-9(12)5-8(11)10(13)15-7(3)4/h5-7H,1-4H3. The molecule has 0 spiro atoms. The molecule has 0 bridgehead atoms. The summed E-state index contributed by atoms with van der Waals surface area (Å²) < 4.78 is 9.96. The van der Waals surface area contributed by atoms with E-state index in [1.54, 1.807) is 50.3 Å². The van der Waals surface area contributed by atoms with Crippen LogP contribution in [-0.4, -0.2) is 24.1 Å². The maximum absolute atomic E-state index is 11.3. The van der Waals surface area contributed by atoms with Crippen LogP contribution >= 0.6 is 22.6 Å². The SMILES string of the molecule is CC(C)OC(=O)C=C(I)C(=O)OC(C)C. The topological polar surface area (TPSA) is 52.6 Å². The van der Waals surface area contributed by atoms with Gasteiger partial charge >= 0.3 is 11.9 Å². The molecule has 0 radical (unpaired) electrons. The first-order chi connectivity index (χ1) is 6.82. The zero-order valence-corrected chi connectivity index (χ0v) is 11.4. The van der Waals surface area contributed by atoms with Gasteiger partial charge in [0.05, 0.1) is 12.2 Å². The van der Waals surface area contributed by atoms with Crippen molar-refractivity contribution in [2.24, 2.45) is 0 Å². The van der Waals surface area contributed by atoms with Crippen LogP contribution in [0.2, 0.25) is 0 Å². The number of ether oxygens (including phenoxy) is 2. The largest absolute Gasteiger partial charge is 0.460 e. The second-order valence-corrected chi connectivity index (χ2v) is 4.59. The monoisotopic (exact) mass is 326 g/mol. The van der Waals surface area contributed by atoms with Crippen molar-refractivity contribution < 1.29 is 19.1 Å². The van der Waals surface area contributed by atoms with E-state index in [4.69, 9.17) is 9.47 Å². The van der Waals surface area contributed by atoms with Gasteiger partial charge in [-0.1, -0.05) is 0 Å². The number of hydrogen-bond acceptors (Lipinski definition) is 4. The summed E-state index contributed by atoms with van der Waals surface area (Å²) in [6, 6.07) is 0. The van der Waals surface area contributed by atoms with E-state index >= 15 is 0 Å². The first-order valence-electron chi connectivity index (χ1n) is 4.61. The highest BCUT2D eigenvalue weighted by Crippen LogP contribution is 2.10. The lowest BCUT2D eigenvalue weighted by Crippen LogP contribution is -2.14. The quantitative estimate of drug-likeness (QED) is 0.452. The molecule has 5 heteroatoms. The summed E-state index contributed by atoms with van der Waals surface area (Å²) in [6.07, 6.45) is 0.738. The van der Waals surface area contributed by atoms with Crippen LogP contribution in [0.4, 0.5) is 0 Å². The molecular formula is C10H15IO4. The van der Waals surface area contributed by atoms with E-state index < -0.39 is 11.9 Å². The Balaban J connectivity index is 4.29. The molecule has 0 rings (SSSR count). The molecule has 0 unspecified atom stereocenters. The Kier molecular flexibility index (Phi) is 6.55. The van der Waals surface area contributed by atoms with Gasteiger partial charge in [0.15, 0.2) is 0 Å². The lowest BCUT2D eigenvalue weighted by molar-refractivity contribution is -0.144. The Morgan fingerprint density at radius 2 is 1.53 bits per heavy atom. The molecule has 0 atom stereocenters. The lowest BCUT2D eigenvalue weighted by Gasteiger charge is -2.07. The van der Waals surface area contributed by atoms with Crippen molar-refractivity contribution in [2.75, 3.05) is 0 Å². The van der Waals surface area contributed by atoms with Crippen molar-refractivity contribution >= 4 is 34.5 Å². The van der Waals surface area contributed by atoms with Crippen molar-refractivity contribution in [2.45, 2.75) is 39.9 Å². The van der Waals surface area contributed by atoms with Gasteiger partial charge in [0.25, 0.3) is 0 Å². The lowest BCUT2D eigenvalue weighted by atomic mass is 10.4. The highest BCUT2D eigenvalue weighted by atomic mass is 127. The van der Waals surface area contributed by atoms with Gasteiger partial charge < -0.3 is 9.47 Å². The molecule has 0 fully saturated rings. The maximum atomic E-state index is 11.3. The number of hydrogen-bond donors (Lipinski definition) is 0. The van der Waals surface area contributed by atoms with Crippen molar-refractivity contribution in [3.63, 3.8) is 0 Å². The van der Waals surface area contributed by atoms with Gasteiger partial charge in [0.1, 0.15) is 3.58 Å². The summed E-state index contributed by atoms with van der Waals surface area (Å²) in [5.74, 6) is -1.04. The number of carbonyl (C=O) groups excluding carboxylic acids is 2. The van der Waals surface area contributed by atoms with E-state index in [2.05, 4.69) is 0 Å². The predicted octanol–water partition coefficient (Wildman–Crippen LogP) is 2.21. The smallest absolute Gasteiger partial charge is 0.344 e. The molecule has 0 saturated carbocycles. The molecular weight excluding hydrogens is 311 g/mol. The third-order valence-corrected chi connectivity index (χ3v) is 1.89. The van der Waals surface area contributed by atoms with Crippen LogP contribution < -0.4 is 0 Å². The second kappa shape index (κ2) is 6.81. The minimum atomic E-state index is -0.532. The van der Waals surface area contributed by atoms with E-state index in [0.29, 0.717) is 0 Å². The Morgan fingerprint density at radius 1 is 1.07 bits per heavy atom. The van der Waals surface area contributed by atoms with Gasteiger partial charge in [-0.15, -0.1) is 0 Å². The Morgan fingerprint density at radius 3 is 1.93 bits per heavy atom. The van der Waals surface area contributed by atoms with Crippen molar-refractivity contribution in [3.8, 4) is 0 Å². The number of halogens is 1. The van der Waals surface area contributed by atoms with E-state index in [9.17, 15) is 9.59 Å². The normalized spacial score (nSPS) is 11.8. The summed E-state index contributed by atoms with van der Waals surface area (Å²) in [6.45, 7) is 6.97. The average Bonchev–Trinajstić information content (AvgIpc) is 2.00. The fraction of sp³-hybridized carbons (Fsp3) is 0.600. The summed E-state index contributed by atoms with van der Waals surface area (Å²) in [5.41, 5.74) is 0. The second-order valence-electron chi connectivity index (χ2n) is 3.43. The molecule has 0 amide bonds. The highest BCUT2D eigenvalue weighted by molar-refractivity contribution is 14.1. The Hall–Kier alpha value is -0.590. The molecule has 0 aromatic carbocycles. The fourth-order valence-corrected chi connectivity index (χ4v) is 1.08. The third-order valence-electron chi connectivity index (χ3n) is 1.13. The molecule has 0 aliphatic rings. The van der Waals surface area contributed by atoms with Gasteiger partial charge in [-0.2, -0.15) is 0 Å². The minimum absolute atomic E-state index is 0.195. The van der Waals surface area contributed by atoms with Crippen molar-refractivity contribution in [3.05, 3.63) is 9.66 Å². The van der Waals surface area contributed by atoms with E-state index in [-0.39, 0.29) is 15.8 Å². The van der Waals surface area contributed by atoms with Crippen molar-refractivity contribution in [1.29, 1.82) is 0 Å². The van der Waals surface area contributed by atoms with Gasteiger partial charge in [0.2, 0.25) is 0 Å². The maximum Gasteiger partial charge on any atom is 0.344 e. The predicted molar refractivity (Wildman–Crippen MR) is 64.6 cm³/mol. The number of rotatable bonds is 4. The number of carbonyl (C=O) groups is 2. The van der Waals surface area contributed by atoms with E-state index in [0.717, 1.165) is 6.08 Å². The van der Waals surface area contributed by atoms with Crippen LogP contribution in [0.1, 0.15) is 27.7 Å². The molecule has 0 heterocycles. The third kappa shape index (κ3) is 7.35. The average molecular weight is 326 g/mol. The minimum Gasteiger partial charge on any atom is -0.460 e. The van der Waals surface area contributed by atoms with Crippen LogP contribution in [0.5, 0.6) is 0 Å². The van der Waals surface area contributed by atoms with E-state index in [1.807, 2.05) is 0 Å². The van der Waals surface area contributed by atoms with Crippen LogP contribution in [0.25, 0.3) is 0 Å². The Labute approximate surface area is 103 Å². The van der Waals surface area contributed by atoms with Gasteiger partial charge in [-0.3, -0.25) is 0 Å². The summed E-state index contributed by atoms with van der Waals surface area (Å²) in [5, 5.41) is 0. The van der Waals surface area contributed by atoms with Gasteiger partial charge in [-0.05, 0) is 50.3 Å². The molecule has 4 nitrogen and oxygen atoms in total. The van der Waals surface area contributed by atoms with Gasteiger partial charge in [0, 0.05) is 6.08 Å². The molecule has 86 valence electrons. The van der Waals surface area contributed by atoms with Crippen LogP contribution in [-0.2, 0) is 19.1 Å². The summed E-state index contributed by atoms with van der Waals surface area (Å²) >= 11 is 1.75. The number of esters is 2.